The zero-order valence-corrected chi connectivity index (χ0v) is 19.7. The number of carbonyl (C=O) groups is 2. The lowest BCUT2D eigenvalue weighted by atomic mass is 10.0. The summed E-state index contributed by atoms with van der Waals surface area (Å²) in [6.45, 7) is 0.685. The Bertz CT molecular complexity index is 996. The summed E-state index contributed by atoms with van der Waals surface area (Å²) in [5.74, 6) is -1.07. The molecule has 0 atom stereocenters. The van der Waals surface area contributed by atoms with Crippen molar-refractivity contribution < 1.29 is 22.5 Å². The van der Waals surface area contributed by atoms with Crippen molar-refractivity contribution in [3.05, 3.63) is 71.3 Å². The molecule has 2 fully saturated rings. The summed E-state index contributed by atoms with van der Waals surface area (Å²) in [7, 11) is 0. The molecule has 6 nitrogen and oxygen atoms in total. The average Bonchev–Trinajstić information content (AvgIpc) is 2.85. The van der Waals surface area contributed by atoms with Crippen molar-refractivity contribution in [3.8, 4) is 0 Å². The molecule has 186 valence electrons. The Kier molecular flexibility index (Phi) is 9.55. The average molecular weight is 498 g/mol. The topological polar surface area (TPSA) is 73.5 Å². The molecule has 0 saturated carbocycles. The van der Waals surface area contributed by atoms with Crippen LogP contribution in [0.5, 0.6) is 0 Å². The highest BCUT2D eigenvalue weighted by atomic mass is 35.5. The Morgan fingerprint density at radius 3 is 1.65 bits per heavy atom. The van der Waals surface area contributed by atoms with Crippen LogP contribution in [0.1, 0.15) is 50.5 Å². The summed E-state index contributed by atoms with van der Waals surface area (Å²) >= 11 is 0. The highest BCUT2D eigenvalue weighted by molar-refractivity contribution is 5.94. The normalized spacial score (nSPS) is 18.7. The predicted octanol–water partition coefficient (Wildman–Crippen LogP) is 3.38. The summed E-state index contributed by atoms with van der Waals surface area (Å²) in [5.41, 5.74) is 0.921. The van der Waals surface area contributed by atoms with Crippen LogP contribution in [0, 0.1) is 11.6 Å². The fraction of sp³-hybridized carbons (Fsp3) is 0.440. The molecular formula is C25H33ClF2N4O2. The number of piperidine rings is 2. The monoisotopic (exact) mass is 497 g/mol. The molecule has 2 aromatic rings. The van der Waals surface area contributed by atoms with Gasteiger partial charge >= 0.3 is 0 Å². The summed E-state index contributed by atoms with van der Waals surface area (Å²) in [4.78, 5) is 25.2. The Balaban J connectivity index is 0.000000259. The van der Waals surface area contributed by atoms with Crippen molar-refractivity contribution in [1.82, 2.24) is 20.9 Å². The minimum atomic E-state index is -2.06. The zero-order chi connectivity index (χ0) is 26.1. The highest BCUT2D eigenvalue weighted by Gasteiger charge is 2.19. The molecule has 2 amide bonds. The number of rotatable bonds is 4. The van der Waals surface area contributed by atoms with Crippen LogP contribution >= 0.6 is 12.4 Å². The van der Waals surface area contributed by atoms with E-state index >= 15 is 0 Å². The first-order valence-electron chi connectivity index (χ1n) is 12.7. The Hall–Kier alpha value is -2.55. The number of hydrogen-bond donors (Lipinski definition) is 3. The van der Waals surface area contributed by atoms with E-state index in [4.69, 9.17) is 4.11 Å². The Labute approximate surface area is 210 Å². The van der Waals surface area contributed by atoms with E-state index in [0.29, 0.717) is 37.1 Å². The van der Waals surface area contributed by atoms with Gasteiger partial charge in [0.15, 0.2) is 0 Å². The van der Waals surface area contributed by atoms with E-state index in [1.54, 1.807) is 0 Å². The predicted molar refractivity (Wildman–Crippen MR) is 131 cm³/mol. The first-order chi connectivity index (χ1) is 17.1. The van der Waals surface area contributed by atoms with Crippen LogP contribution in [0.25, 0.3) is 0 Å². The van der Waals surface area contributed by atoms with Gasteiger partial charge in [-0.2, -0.15) is 0 Å². The fourth-order valence-corrected chi connectivity index (χ4v) is 3.73. The third-order valence-electron chi connectivity index (χ3n) is 5.72. The van der Waals surface area contributed by atoms with Crippen LogP contribution in [0.3, 0.4) is 0 Å². The summed E-state index contributed by atoms with van der Waals surface area (Å²) in [6, 6.07) is 11.2. The van der Waals surface area contributed by atoms with Crippen LogP contribution < -0.4 is 16.0 Å². The van der Waals surface area contributed by atoms with Gasteiger partial charge in [-0.3, -0.25) is 9.59 Å². The standard InChI is InChI=1S/C13H17FN2O.C12H15FN2O.ClH/c1-16-8-6-12(7-9-16)15-13(17)10-2-4-11(14)5-3-10;13-10-3-1-9(2-4-10)12(16)15-11-5-7-14-8-6-11;/h2-5,12H,6-9H2,1H3,(H,15,17);1-4,11,14H,5-8H2,(H,15,16);1H/i1D3;;. The van der Waals surface area contributed by atoms with Gasteiger partial charge in [-0.15, -0.1) is 12.4 Å². The SMILES string of the molecule is Cl.O=C(NC1CCNCC1)c1ccc(F)cc1.[2H]C([2H])([2H])N1CCC(NC(=O)c2ccc(F)cc2)CC1. The van der Waals surface area contributed by atoms with Crippen molar-refractivity contribution in [2.45, 2.75) is 37.8 Å². The van der Waals surface area contributed by atoms with Crippen LogP contribution in [-0.2, 0) is 0 Å². The van der Waals surface area contributed by atoms with Gasteiger partial charge in [0.2, 0.25) is 0 Å². The molecule has 2 aromatic carbocycles. The molecule has 9 heteroatoms. The lowest BCUT2D eigenvalue weighted by Crippen LogP contribution is -2.43. The third-order valence-corrected chi connectivity index (χ3v) is 5.72. The van der Waals surface area contributed by atoms with E-state index in [-0.39, 0.29) is 47.9 Å². The number of benzene rings is 2. The van der Waals surface area contributed by atoms with Gasteiger partial charge in [0.1, 0.15) is 11.6 Å². The lowest BCUT2D eigenvalue weighted by molar-refractivity contribution is 0.0912. The van der Waals surface area contributed by atoms with E-state index in [2.05, 4.69) is 16.0 Å². The largest absolute Gasteiger partial charge is 0.349 e. The molecule has 2 aliphatic rings. The van der Waals surface area contributed by atoms with Crippen molar-refractivity contribution in [3.63, 3.8) is 0 Å². The van der Waals surface area contributed by atoms with Gasteiger partial charge in [0.05, 0.1) is 0 Å². The maximum Gasteiger partial charge on any atom is 0.251 e. The summed E-state index contributed by atoms with van der Waals surface area (Å²) in [5, 5.41) is 9.04. The van der Waals surface area contributed by atoms with Gasteiger partial charge in [0.25, 0.3) is 11.8 Å². The molecule has 0 aromatic heterocycles. The second-order valence-electron chi connectivity index (χ2n) is 8.25. The molecular weight excluding hydrogens is 462 g/mol. The quantitative estimate of drug-likeness (QED) is 0.605. The first-order valence-corrected chi connectivity index (χ1v) is 11.2. The Morgan fingerprint density at radius 2 is 1.24 bits per heavy atom. The molecule has 0 unspecified atom stereocenters. The van der Waals surface area contributed by atoms with Crippen LogP contribution in [-0.4, -0.2) is 62.0 Å². The van der Waals surface area contributed by atoms with Crippen LogP contribution in [0.15, 0.2) is 48.5 Å². The van der Waals surface area contributed by atoms with E-state index in [0.717, 1.165) is 25.9 Å². The zero-order valence-electron chi connectivity index (χ0n) is 21.9. The molecule has 2 saturated heterocycles. The van der Waals surface area contributed by atoms with Crippen molar-refractivity contribution in [2.24, 2.45) is 0 Å². The van der Waals surface area contributed by atoms with Gasteiger partial charge < -0.3 is 20.9 Å². The second-order valence-corrected chi connectivity index (χ2v) is 8.25. The van der Waals surface area contributed by atoms with Gasteiger partial charge in [0, 0.05) is 27.3 Å². The van der Waals surface area contributed by atoms with Crippen molar-refractivity contribution in [2.75, 3.05) is 33.2 Å². The van der Waals surface area contributed by atoms with Gasteiger partial charge in [-0.25, -0.2) is 8.78 Å². The maximum absolute atomic E-state index is 12.8. The van der Waals surface area contributed by atoms with E-state index in [1.165, 1.54) is 53.4 Å². The van der Waals surface area contributed by atoms with E-state index in [9.17, 15) is 18.4 Å². The Morgan fingerprint density at radius 1 is 0.824 bits per heavy atom. The number of carbonyl (C=O) groups excluding carboxylic acids is 2. The van der Waals surface area contributed by atoms with Crippen LogP contribution in [0.4, 0.5) is 8.78 Å². The number of nitrogens with one attached hydrogen (secondary N) is 3. The molecule has 3 N–H and O–H groups in total. The molecule has 0 spiro atoms. The minimum absolute atomic E-state index is 0. The van der Waals surface area contributed by atoms with Gasteiger partial charge in [-0.1, -0.05) is 0 Å². The van der Waals surface area contributed by atoms with Crippen molar-refractivity contribution in [1.29, 1.82) is 0 Å². The third kappa shape index (κ3) is 9.00. The van der Waals surface area contributed by atoms with Crippen LogP contribution in [0.2, 0.25) is 0 Å². The number of hydrogen-bond acceptors (Lipinski definition) is 4. The minimum Gasteiger partial charge on any atom is -0.349 e. The van der Waals surface area contributed by atoms with E-state index in [1.807, 2.05) is 0 Å². The maximum atomic E-state index is 12.8. The number of halogens is 3. The van der Waals surface area contributed by atoms with Crippen molar-refractivity contribution >= 4 is 24.2 Å². The molecule has 2 aliphatic heterocycles. The highest BCUT2D eigenvalue weighted by Crippen LogP contribution is 2.10. The molecule has 0 aliphatic carbocycles. The number of nitrogens with zero attached hydrogens (tertiary/aromatic N) is 1. The van der Waals surface area contributed by atoms with Gasteiger partial charge in [-0.05, 0) is 107 Å². The lowest BCUT2D eigenvalue weighted by Gasteiger charge is -2.29. The van der Waals surface area contributed by atoms with E-state index < -0.39 is 6.98 Å². The fourth-order valence-electron chi connectivity index (χ4n) is 3.73. The molecule has 2 heterocycles. The smallest absolute Gasteiger partial charge is 0.251 e. The molecule has 0 bridgehead atoms. The molecule has 4 rings (SSSR count). The number of amides is 2. The molecule has 34 heavy (non-hydrogen) atoms. The number of likely N-dealkylation sites (tertiary alicyclic amines) is 1. The second kappa shape index (κ2) is 14.0. The summed E-state index contributed by atoms with van der Waals surface area (Å²) < 4.78 is 47.4. The first kappa shape index (κ1) is 23.2. The molecule has 0 radical (unpaired) electrons. The summed E-state index contributed by atoms with van der Waals surface area (Å²) in [6.07, 6.45) is 3.11.